The van der Waals surface area contributed by atoms with Crippen LogP contribution < -0.4 is 0 Å². The molecule has 0 amide bonds. The molecule has 4 heteroatoms. The molecule has 0 radical (unpaired) electrons. The van der Waals surface area contributed by atoms with Gasteiger partial charge >= 0.3 is 62.2 Å². The minimum atomic E-state index is -0.0295. The molecule has 54 valence electrons. The summed E-state index contributed by atoms with van der Waals surface area (Å²) in [4.78, 5) is 0. The molecule has 0 atom stereocenters. The molecule has 0 aliphatic rings. The summed E-state index contributed by atoms with van der Waals surface area (Å²) in [5.74, 6) is 0.0359. The molecule has 0 saturated heterocycles. The van der Waals surface area contributed by atoms with E-state index in [9.17, 15) is 5.11 Å². The molecular formula is C7H5BO3. The van der Waals surface area contributed by atoms with Crippen molar-refractivity contribution < 1.29 is 14.5 Å². The maximum atomic E-state index is 9.22. The van der Waals surface area contributed by atoms with E-state index in [0.29, 0.717) is 11.0 Å². The molecule has 1 aromatic heterocycles. The summed E-state index contributed by atoms with van der Waals surface area (Å²) in [5.41, 5.74) is 0.459. The summed E-state index contributed by atoms with van der Waals surface area (Å²) >= 11 is 0. The second-order valence-corrected chi connectivity index (χ2v) is 2.27. The van der Waals surface area contributed by atoms with E-state index in [4.69, 9.17) is 9.44 Å². The molecule has 0 aliphatic heterocycles. The fraction of sp³-hybridized carbons (Fsp3) is 0. The van der Waals surface area contributed by atoms with Crippen molar-refractivity contribution in [2.24, 2.45) is 0 Å². The van der Waals surface area contributed by atoms with Crippen LogP contribution in [0.25, 0.3) is 11.0 Å². The second-order valence-electron chi connectivity index (χ2n) is 2.27. The topological polar surface area (TPSA) is 53.6 Å². The van der Waals surface area contributed by atoms with Gasteiger partial charge in [-0.25, -0.2) is 0 Å². The normalized spacial score (nSPS) is 10.2. The number of phenols is 1. The number of aromatic hydroxyl groups is 2. The van der Waals surface area contributed by atoms with Crippen LogP contribution in [0.15, 0.2) is 22.5 Å². The first-order valence-electron chi connectivity index (χ1n) is 3.17. The van der Waals surface area contributed by atoms with Crippen LogP contribution in [0.1, 0.15) is 0 Å². The Morgan fingerprint density at radius 2 is 2.09 bits per heavy atom. The van der Waals surface area contributed by atoms with Gasteiger partial charge in [-0.15, -0.1) is 0 Å². The minimum absolute atomic E-state index is 0.0295. The third-order valence-corrected chi connectivity index (χ3v) is 1.56. The van der Waals surface area contributed by atoms with Gasteiger partial charge in [-0.3, -0.25) is 0 Å². The van der Waals surface area contributed by atoms with Crippen molar-refractivity contribution in [3.05, 3.63) is 18.2 Å². The van der Waals surface area contributed by atoms with Gasteiger partial charge in [0.25, 0.3) is 0 Å². The van der Waals surface area contributed by atoms with Crippen LogP contribution in [0.2, 0.25) is 0 Å². The zero-order valence-corrected chi connectivity index (χ0v) is 5.61. The summed E-state index contributed by atoms with van der Waals surface area (Å²) in [6, 6.07) is 4.83. The molecule has 0 saturated carbocycles. The van der Waals surface area contributed by atoms with Crippen LogP contribution >= 0.6 is 0 Å². The van der Waals surface area contributed by atoms with E-state index in [1.807, 2.05) is 0 Å². The Labute approximate surface area is 63.1 Å². The predicted molar refractivity (Wildman–Crippen MR) is 40.9 cm³/mol. The van der Waals surface area contributed by atoms with Gasteiger partial charge in [-0.05, 0) is 0 Å². The van der Waals surface area contributed by atoms with E-state index in [2.05, 4.69) is 0 Å². The van der Waals surface area contributed by atoms with Crippen LogP contribution in [0.3, 0.4) is 0 Å². The standard InChI is InChI=1S/C7H5BO3/c9-4-2-1-3-5-6(4)7(10)8-11-5/h1-3,9-10H. The summed E-state index contributed by atoms with van der Waals surface area (Å²) in [5, 5.41) is 18.7. The van der Waals surface area contributed by atoms with E-state index in [1.165, 1.54) is 13.2 Å². The van der Waals surface area contributed by atoms with E-state index < -0.39 is 0 Å². The number of phenolic OH excluding ortho intramolecular Hbond substituents is 1. The number of fused-ring (bicyclic) bond motifs is 1. The van der Waals surface area contributed by atoms with E-state index in [1.54, 1.807) is 12.1 Å². The van der Waals surface area contributed by atoms with Gasteiger partial charge in [0.1, 0.15) is 0 Å². The van der Waals surface area contributed by atoms with Crippen molar-refractivity contribution in [1.29, 1.82) is 0 Å². The average molecular weight is 148 g/mol. The fourth-order valence-corrected chi connectivity index (χ4v) is 1.05. The Balaban J connectivity index is 2.96. The van der Waals surface area contributed by atoms with Crippen molar-refractivity contribution in [3.63, 3.8) is 0 Å². The van der Waals surface area contributed by atoms with Gasteiger partial charge in [0.15, 0.2) is 0 Å². The molecule has 0 spiro atoms. The first-order valence-corrected chi connectivity index (χ1v) is 3.17. The Hall–Kier alpha value is -1.45. The molecule has 1 aromatic carbocycles. The SMILES string of the molecule is Oc1boc2cccc(O)c12. The summed E-state index contributed by atoms with van der Waals surface area (Å²) in [7, 11) is 1.20. The monoisotopic (exact) mass is 148 g/mol. The zero-order valence-electron chi connectivity index (χ0n) is 5.61. The molecule has 1 heterocycles. The van der Waals surface area contributed by atoms with Crippen molar-refractivity contribution in [1.82, 2.24) is 0 Å². The van der Waals surface area contributed by atoms with Crippen molar-refractivity contribution in [3.8, 4) is 11.4 Å². The third-order valence-electron chi connectivity index (χ3n) is 1.56. The van der Waals surface area contributed by atoms with Crippen LogP contribution in [0.5, 0.6) is 11.4 Å². The summed E-state index contributed by atoms with van der Waals surface area (Å²) < 4.78 is 4.92. The molecule has 0 unspecified atom stereocenters. The molecule has 2 N–H and O–H groups in total. The van der Waals surface area contributed by atoms with Gasteiger partial charge in [-0.1, -0.05) is 0 Å². The summed E-state index contributed by atoms with van der Waals surface area (Å²) in [6.45, 7) is 0. The number of hydrogen-bond donors (Lipinski definition) is 2. The number of benzene rings is 1. The third kappa shape index (κ3) is 0.791. The van der Waals surface area contributed by atoms with Gasteiger partial charge in [0, 0.05) is 0 Å². The molecule has 11 heavy (non-hydrogen) atoms. The molecule has 0 aliphatic carbocycles. The first-order chi connectivity index (χ1) is 5.29. The van der Waals surface area contributed by atoms with Crippen LogP contribution in [-0.2, 0) is 0 Å². The quantitative estimate of drug-likeness (QED) is 0.589. The van der Waals surface area contributed by atoms with Crippen LogP contribution in [0, 0.1) is 0 Å². The molecular weight excluding hydrogens is 143 g/mol. The molecule has 2 rings (SSSR count). The average Bonchev–Trinajstić information content (AvgIpc) is 2.34. The van der Waals surface area contributed by atoms with E-state index >= 15 is 0 Å². The van der Waals surface area contributed by atoms with Crippen molar-refractivity contribution in [2.45, 2.75) is 0 Å². The Kier molecular flexibility index (Phi) is 1.15. The van der Waals surface area contributed by atoms with Gasteiger partial charge < -0.3 is 0 Å². The summed E-state index contributed by atoms with van der Waals surface area (Å²) in [6.07, 6.45) is 0. The fourth-order valence-electron chi connectivity index (χ4n) is 1.05. The van der Waals surface area contributed by atoms with Gasteiger partial charge in [-0.2, -0.15) is 0 Å². The molecule has 2 aromatic rings. The van der Waals surface area contributed by atoms with Crippen molar-refractivity contribution >= 4 is 18.1 Å². The second kappa shape index (κ2) is 2.02. The molecule has 0 bridgehead atoms. The predicted octanol–water partition coefficient (Wildman–Crippen LogP) is 1.18. The van der Waals surface area contributed by atoms with Crippen LogP contribution in [0.4, 0.5) is 0 Å². The van der Waals surface area contributed by atoms with E-state index in [0.717, 1.165) is 0 Å². The zero-order chi connectivity index (χ0) is 7.84. The number of hydrogen-bond acceptors (Lipinski definition) is 3. The van der Waals surface area contributed by atoms with Crippen LogP contribution in [-0.4, -0.2) is 17.3 Å². The first kappa shape index (κ1) is 6.28. The van der Waals surface area contributed by atoms with Crippen molar-refractivity contribution in [2.75, 3.05) is 0 Å². The Morgan fingerprint density at radius 1 is 1.27 bits per heavy atom. The van der Waals surface area contributed by atoms with Gasteiger partial charge in [0.2, 0.25) is 0 Å². The molecule has 3 nitrogen and oxygen atoms in total. The van der Waals surface area contributed by atoms with Gasteiger partial charge in [0.05, 0.1) is 0 Å². The Bertz CT molecular complexity index is 393. The maximum absolute atomic E-state index is 9.22. The molecule has 0 fully saturated rings. The Morgan fingerprint density at radius 3 is 2.82 bits per heavy atom. The number of rotatable bonds is 0. The van der Waals surface area contributed by atoms with E-state index in [-0.39, 0.29) is 11.4 Å².